The lowest BCUT2D eigenvalue weighted by atomic mass is 10.1. The predicted molar refractivity (Wildman–Crippen MR) is 55.1 cm³/mol. The van der Waals surface area contributed by atoms with E-state index in [1.54, 1.807) is 26.6 Å². The molecular weight excluding hydrogens is 196 g/mol. The summed E-state index contributed by atoms with van der Waals surface area (Å²) in [5.74, 6) is 5.90. The van der Waals surface area contributed by atoms with E-state index in [1.807, 2.05) is 6.92 Å². The number of methoxy groups -OCH3 is 2. The van der Waals surface area contributed by atoms with Crippen LogP contribution < -0.4 is 16.0 Å². The van der Waals surface area contributed by atoms with Crippen molar-refractivity contribution in [3.8, 4) is 5.88 Å². The number of nitrogens with one attached hydrogen (secondary N) is 1. The molecule has 0 saturated carbocycles. The minimum atomic E-state index is -0.251. The summed E-state index contributed by atoms with van der Waals surface area (Å²) < 4.78 is 10.3. The van der Waals surface area contributed by atoms with Crippen molar-refractivity contribution in [3.05, 3.63) is 18.1 Å². The second-order valence-electron chi connectivity index (χ2n) is 3.04. The molecule has 0 radical (unpaired) electrons. The Hall–Kier alpha value is -1.24. The van der Waals surface area contributed by atoms with Gasteiger partial charge in [0.2, 0.25) is 5.88 Å². The van der Waals surface area contributed by atoms with Crippen molar-refractivity contribution in [1.82, 2.24) is 15.4 Å². The molecule has 3 N–H and O–H groups in total. The standard InChI is InChI=1S/C9H16N4O2/c1-6(14-2)7(13-10)8-9(15-3)12-5-4-11-8/h4-7,13H,10H2,1-3H3. The van der Waals surface area contributed by atoms with Gasteiger partial charge in [0.05, 0.1) is 19.3 Å². The Balaban J connectivity index is 3.00. The van der Waals surface area contributed by atoms with E-state index in [9.17, 15) is 0 Å². The van der Waals surface area contributed by atoms with Gasteiger partial charge >= 0.3 is 0 Å². The number of hydrazine groups is 1. The van der Waals surface area contributed by atoms with E-state index >= 15 is 0 Å². The van der Waals surface area contributed by atoms with E-state index in [0.29, 0.717) is 11.6 Å². The van der Waals surface area contributed by atoms with Crippen LogP contribution in [0.1, 0.15) is 18.7 Å². The normalized spacial score (nSPS) is 14.7. The van der Waals surface area contributed by atoms with Gasteiger partial charge in [-0.15, -0.1) is 0 Å². The molecule has 0 amide bonds. The van der Waals surface area contributed by atoms with Gasteiger partial charge in [-0.2, -0.15) is 0 Å². The first-order valence-corrected chi connectivity index (χ1v) is 4.58. The first kappa shape index (κ1) is 11.8. The monoisotopic (exact) mass is 212 g/mol. The Labute approximate surface area is 88.8 Å². The average molecular weight is 212 g/mol. The highest BCUT2D eigenvalue weighted by molar-refractivity contribution is 5.21. The lowest BCUT2D eigenvalue weighted by Crippen LogP contribution is -2.37. The molecule has 1 rings (SSSR count). The third kappa shape index (κ3) is 2.62. The second-order valence-corrected chi connectivity index (χ2v) is 3.04. The molecule has 0 fully saturated rings. The van der Waals surface area contributed by atoms with E-state index in [4.69, 9.17) is 15.3 Å². The van der Waals surface area contributed by atoms with Crippen LogP contribution in [0.5, 0.6) is 5.88 Å². The van der Waals surface area contributed by atoms with Crippen LogP contribution in [0.15, 0.2) is 12.4 Å². The van der Waals surface area contributed by atoms with Gasteiger partial charge < -0.3 is 9.47 Å². The van der Waals surface area contributed by atoms with Crippen molar-refractivity contribution in [2.75, 3.05) is 14.2 Å². The average Bonchev–Trinajstić information content (AvgIpc) is 2.30. The fourth-order valence-electron chi connectivity index (χ4n) is 1.28. The summed E-state index contributed by atoms with van der Waals surface area (Å²) >= 11 is 0. The van der Waals surface area contributed by atoms with Crippen LogP contribution in [0.25, 0.3) is 0 Å². The van der Waals surface area contributed by atoms with Gasteiger partial charge in [0, 0.05) is 19.5 Å². The number of nitrogens with two attached hydrogens (primary N) is 1. The molecule has 84 valence electrons. The molecule has 0 saturated heterocycles. The molecule has 2 atom stereocenters. The Kier molecular flexibility index (Phi) is 4.41. The highest BCUT2D eigenvalue weighted by Crippen LogP contribution is 2.22. The van der Waals surface area contributed by atoms with Crippen molar-refractivity contribution < 1.29 is 9.47 Å². The second kappa shape index (κ2) is 5.59. The summed E-state index contributed by atoms with van der Waals surface area (Å²) in [6.07, 6.45) is 3.03. The first-order chi connectivity index (χ1) is 7.24. The van der Waals surface area contributed by atoms with Gasteiger partial charge in [-0.3, -0.25) is 10.8 Å². The summed E-state index contributed by atoms with van der Waals surface area (Å²) in [6.45, 7) is 1.89. The molecule has 0 aliphatic carbocycles. The van der Waals surface area contributed by atoms with Crippen molar-refractivity contribution in [1.29, 1.82) is 0 Å². The van der Waals surface area contributed by atoms with Crippen LogP contribution in [0, 0.1) is 0 Å². The number of ether oxygens (including phenoxy) is 2. The molecule has 0 aliphatic rings. The molecule has 2 unspecified atom stereocenters. The molecule has 0 aromatic carbocycles. The minimum Gasteiger partial charge on any atom is -0.480 e. The van der Waals surface area contributed by atoms with Crippen molar-refractivity contribution in [2.45, 2.75) is 19.1 Å². The van der Waals surface area contributed by atoms with E-state index in [2.05, 4.69) is 15.4 Å². The summed E-state index contributed by atoms with van der Waals surface area (Å²) in [5, 5.41) is 0. The molecule has 6 heteroatoms. The summed E-state index contributed by atoms with van der Waals surface area (Å²) in [6, 6.07) is -0.251. The maximum atomic E-state index is 5.45. The van der Waals surface area contributed by atoms with Gasteiger partial charge in [0.1, 0.15) is 5.69 Å². The Morgan fingerprint density at radius 3 is 2.53 bits per heavy atom. The molecule has 1 heterocycles. The van der Waals surface area contributed by atoms with Gasteiger partial charge in [0.15, 0.2) is 0 Å². The summed E-state index contributed by atoms with van der Waals surface area (Å²) in [5.41, 5.74) is 3.27. The molecular formula is C9H16N4O2. The van der Waals surface area contributed by atoms with Crippen LogP contribution in [-0.4, -0.2) is 30.3 Å². The van der Waals surface area contributed by atoms with E-state index in [1.165, 1.54) is 0 Å². The molecule has 6 nitrogen and oxygen atoms in total. The summed E-state index contributed by atoms with van der Waals surface area (Å²) in [7, 11) is 3.15. The topological polar surface area (TPSA) is 82.3 Å². The zero-order valence-electron chi connectivity index (χ0n) is 9.10. The fourth-order valence-corrected chi connectivity index (χ4v) is 1.28. The molecule has 0 spiro atoms. The number of hydrogen-bond donors (Lipinski definition) is 2. The summed E-state index contributed by atoms with van der Waals surface area (Å²) in [4.78, 5) is 8.23. The van der Waals surface area contributed by atoms with Crippen LogP contribution in [-0.2, 0) is 4.74 Å². The third-order valence-corrected chi connectivity index (χ3v) is 2.20. The van der Waals surface area contributed by atoms with Crippen LogP contribution in [0.2, 0.25) is 0 Å². The van der Waals surface area contributed by atoms with Gasteiger partial charge in [-0.1, -0.05) is 0 Å². The SMILES string of the molecule is COc1nccnc1C(NN)C(C)OC. The maximum absolute atomic E-state index is 5.45. The maximum Gasteiger partial charge on any atom is 0.237 e. The smallest absolute Gasteiger partial charge is 0.237 e. The van der Waals surface area contributed by atoms with Gasteiger partial charge in [0.25, 0.3) is 0 Å². The Bertz CT molecular complexity index is 308. The molecule has 0 aliphatic heterocycles. The first-order valence-electron chi connectivity index (χ1n) is 4.58. The predicted octanol–water partition coefficient (Wildman–Crippen LogP) is 0.0245. The van der Waals surface area contributed by atoms with E-state index in [0.717, 1.165) is 0 Å². The molecule has 15 heavy (non-hydrogen) atoms. The fraction of sp³-hybridized carbons (Fsp3) is 0.556. The Morgan fingerprint density at radius 2 is 2.00 bits per heavy atom. The molecule has 1 aromatic rings. The zero-order valence-corrected chi connectivity index (χ0v) is 9.10. The van der Waals surface area contributed by atoms with E-state index < -0.39 is 0 Å². The largest absolute Gasteiger partial charge is 0.480 e. The molecule has 1 aromatic heterocycles. The quantitative estimate of drug-likeness (QED) is 0.529. The number of rotatable bonds is 5. The van der Waals surface area contributed by atoms with Crippen LogP contribution in [0.3, 0.4) is 0 Å². The Morgan fingerprint density at radius 1 is 1.33 bits per heavy atom. The van der Waals surface area contributed by atoms with Crippen molar-refractivity contribution >= 4 is 0 Å². The number of nitrogens with zero attached hydrogens (tertiary/aromatic N) is 2. The van der Waals surface area contributed by atoms with Crippen molar-refractivity contribution in [2.24, 2.45) is 5.84 Å². The van der Waals surface area contributed by atoms with Crippen LogP contribution >= 0.6 is 0 Å². The minimum absolute atomic E-state index is 0.124. The highest BCUT2D eigenvalue weighted by Gasteiger charge is 2.23. The van der Waals surface area contributed by atoms with Gasteiger partial charge in [-0.25, -0.2) is 10.4 Å². The van der Waals surface area contributed by atoms with Crippen molar-refractivity contribution in [3.63, 3.8) is 0 Å². The van der Waals surface area contributed by atoms with Gasteiger partial charge in [-0.05, 0) is 6.92 Å². The third-order valence-electron chi connectivity index (χ3n) is 2.20. The van der Waals surface area contributed by atoms with E-state index in [-0.39, 0.29) is 12.1 Å². The number of aromatic nitrogens is 2. The highest BCUT2D eigenvalue weighted by atomic mass is 16.5. The van der Waals surface area contributed by atoms with Crippen LogP contribution in [0.4, 0.5) is 0 Å². The lowest BCUT2D eigenvalue weighted by Gasteiger charge is -2.22. The molecule has 0 bridgehead atoms. The lowest BCUT2D eigenvalue weighted by molar-refractivity contribution is 0.0804. The number of hydrogen-bond acceptors (Lipinski definition) is 6. The zero-order chi connectivity index (χ0) is 11.3.